The van der Waals surface area contributed by atoms with Crippen LogP contribution >= 0.6 is 0 Å². The number of hydrogen-bond donors (Lipinski definition) is 2. The molecule has 6 heteroatoms. The maximum Gasteiger partial charge on any atom is 0.328 e. The van der Waals surface area contributed by atoms with Gasteiger partial charge < -0.3 is 15.2 Å². The Hall–Kier alpha value is -2.21. The molecule has 1 rings (SSSR count). The molecular weight excluding hydrogens is 236 g/mol. The van der Waals surface area contributed by atoms with Crippen LogP contribution in [0.3, 0.4) is 0 Å². The highest BCUT2D eigenvalue weighted by Crippen LogP contribution is 2.08. The molecule has 0 saturated carbocycles. The highest BCUT2D eigenvalue weighted by molar-refractivity contribution is 5.98. The first kappa shape index (κ1) is 13.9. The van der Waals surface area contributed by atoms with E-state index in [-0.39, 0.29) is 5.91 Å². The zero-order valence-corrected chi connectivity index (χ0v) is 9.92. The van der Waals surface area contributed by atoms with Gasteiger partial charge >= 0.3 is 5.97 Å². The van der Waals surface area contributed by atoms with Gasteiger partial charge in [0.15, 0.2) is 0 Å². The van der Waals surface area contributed by atoms with Gasteiger partial charge in [0.25, 0.3) is 5.91 Å². The highest BCUT2D eigenvalue weighted by atomic mass is 16.5. The molecule has 1 amide bonds. The molecule has 1 aromatic heterocycles. The molecule has 0 radical (unpaired) electrons. The van der Waals surface area contributed by atoms with Crippen LogP contribution in [0.5, 0.6) is 0 Å². The number of pyridine rings is 1. The summed E-state index contributed by atoms with van der Waals surface area (Å²) in [6.45, 7) is 0.802. The zero-order chi connectivity index (χ0) is 13.4. The van der Waals surface area contributed by atoms with E-state index in [9.17, 15) is 9.59 Å². The van der Waals surface area contributed by atoms with Gasteiger partial charge in [-0.25, -0.2) is 4.79 Å². The van der Waals surface area contributed by atoms with Crippen LogP contribution < -0.4 is 5.32 Å². The van der Waals surface area contributed by atoms with E-state index in [2.05, 4.69) is 10.3 Å². The number of carbonyl (C=O) groups excluding carboxylic acids is 1. The monoisotopic (exact) mass is 250 g/mol. The molecule has 0 saturated heterocycles. The number of methoxy groups -OCH3 is 1. The topological polar surface area (TPSA) is 88.5 Å². The lowest BCUT2D eigenvalue weighted by Gasteiger charge is -2.06. The van der Waals surface area contributed by atoms with E-state index >= 15 is 0 Å². The minimum atomic E-state index is -1.08. The number of carboxylic acids is 1. The van der Waals surface area contributed by atoms with Crippen molar-refractivity contribution in [3.63, 3.8) is 0 Å². The number of rotatable bonds is 6. The number of nitrogens with one attached hydrogen (secondary N) is 1. The van der Waals surface area contributed by atoms with Crippen molar-refractivity contribution >= 4 is 18.0 Å². The fraction of sp³-hybridized carbons (Fsp3) is 0.250. The van der Waals surface area contributed by atoms with Crippen molar-refractivity contribution in [2.75, 3.05) is 20.3 Å². The first-order valence-electron chi connectivity index (χ1n) is 5.27. The fourth-order valence-electron chi connectivity index (χ4n) is 1.27. The van der Waals surface area contributed by atoms with Gasteiger partial charge in [0.2, 0.25) is 0 Å². The molecule has 96 valence electrons. The Kier molecular flexibility index (Phi) is 5.53. The first-order chi connectivity index (χ1) is 8.65. The Morgan fingerprint density at radius 3 is 3.00 bits per heavy atom. The van der Waals surface area contributed by atoms with Crippen molar-refractivity contribution < 1.29 is 19.4 Å². The van der Waals surface area contributed by atoms with Crippen molar-refractivity contribution in [2.45, 2.75) is 0 Å². The molecule has 0 bridgehead atoms. The van der Waals surface area contributed by atoms with Crippen LogP contribution in [0, 0.1) is 0 Å². The molecule has 18 heavy (non-hydrogen) atoms. The lowest BCUT2D eigenvalue weighted by atomic mass is 10.1. The fourth-order valence-corrected chi connectivity index (χ4v) is 1.27. The molecule has 6 nitrogen and oxygen atoms in total. The van der Waals surface area contributed by atoms with Crippen molar-refractivity contribution in [3.8, 4) is 0 Å². The van der Waals surface area contributed by atoms with E-state index in [0.29, 0.717) is 24.3 Å². The van der Waals surface area contributed by atoms with Gasteiger partial charge in [-0.1, -0.05) is 0 Å². The quantitative estimate of drug-likeness (QED) is 0.568. The zero-order valence-electron chi connectivity index (χ0n) is 9.92. The second-order valence-electron chi connectivity index (χ2n) is 3.38. The SMILES string of the molecule is COCCNC(=O)c1ccncc1C=CC(=O)O. The van der Waals surface area contributed by atoms with Gasteiger partial charge in [0, 0.05) is 43.3 Å². The summed E-state index contributed by atoms with van der Waals surface area (Å²) in [5.41, 5.74) is 0.827. The molecular formula is C12H14N2O4. The van der Waals surface area contributed by atoms with Crippen LogP contribution in [0.15, 0.2) is 24.5 Å². The molecule has 0 fully saturated rings. The average molecular weight is 250 g/mol. The number of nitrogens with zero attached hydrogens (tertiary/aromatic N) is 1. The van der Waals surface area contributed by atoms with Crippen LogP contribution in [-0.2, 0) is 9.53 Å². The smallest absolute Gasteiger partial charge is 0.328 e. The van der Waals surface area contributed by atoms with E-state index in [1.165, 1.54) is 24.5 Å². The van der Waals surface area contributed by atoms with E-state index in [1.54, 1.807) is 7.11 Å². The summed E-state index contributed by atoms with van der Waals surface area (Å²) in [7, 11) is 1.54. The van der Waals surface area contributed by atoms with Crippen molar-refractivity contribution in [3.05, 3.63) is 35.7 Å². The predicted molar refractivity (Wildman–Crippen MR) is 65.1 cm³/mol. The van der Waals surface area contributed by atoms with Crippen LogP contribution in [0.4, 0.5) is 0 Å². The molecule has 0 aromatic carbocycles. The van der Waals surface area contributed by atoms with Crippen molar-refractivity contribution in [1.29, 1.82) is 0 Å². The summed E-state index contributed by atoms with van der Waals surface area (Å²) in [5, 5.41) is 11.2. The Morgan fingerprint density at radius 1 is 1.56 bits per heavy atom. The lowest BCUT2D eigenvalue weighted by molar-refractivity contribution is -0.131. The maximum atomic E-state index is 11.8. The molecule has 0 spiro atoms. The third kappa shape index (κ3) is 4.34. The number of hydrogen-bond acceptors (Lipinski definition) is 4. The van der Waals surface area contributed by atoms with Crippen molar-refractivity contribution in [2.24, 2.45) is 0 Å². The number of carboxylic acid groups (broad SMARTS) is 1. The minimum Gasteiger partial charge on any atom is -0.478 e. The Morgan fingerprint density at radius 2 is 2.33 bits per heavy atom. The largest absolute Gasteiger partial charge is 0.478 e. The summed E-state index contributed by atoms with van der Waals surface area (Å²) in [4.78, 5) is 26.1. The Bertz CT molecular complexity index is 457. The van der Waals surface area contributed by atoms with Crippen LogP contribution in [0.1, 0.15) is 15.9 Å². The van der Waals surface area contributed by atoms with E-state index in [4.69, 9.17) is 9.84 Å². The molecule has 1 aromatic rings. The third-order valence-electron chi connectivity index (χ3n) is 2.09. The number of aromatic nitrogens is 1. The summed E-state index contributed by atoms with van der Waals surface area (Å²) >= 11 is 0. The molecule has 2 N–H and O–H groups in total. The summed E-state index contributed by atoms with van der Waals surface area (Å²) in [5.74, 6) is -1.37. The number of aliphatic carboxylic acids is 1. The minimum absolute atomic E-state index is 0.292. The molecule has 0 unspecified atom stereocenters. The van der Waals surface area contributed by atoms with Gasteiger partial charge in [0.05, 0.1) is 6.61 Å². The molecule has 0 aliphatic rings. The van der Waals surface area contributed by atoms with E-state index in [0.717, 1.165) is 6.08 Å². The van der Waals surface area contributed by atoms with E-state index < -0.39 is 5.97 Å². The van der Waals surface area contributed by atoms with Gasteiger partial charge in [-0.3, -0.25) is 9.78 Å². The second-order valence-corrected chi connectivity index (χ2v) is 3.38. The normalized spacial score (nSPS) is 10.5. The van der Waals surface area contributed by atoms with Crippen LogP contribution in [0.25, 0.3) is 6.08 Å². The van der Waals surface area contributed by atoms with Gasteiger partial charge in [-0.15, -0.1) is 0 Å². The number of carbonyl (C=O) groups is 2. The standard InChI is InChI=1S/C12H14N2O4/c1-18-7-6-14-12(17)10-4-5-13-8-9(10)2-3-11(15)16/h2-5,8H,6-7H2,1H3,(H,14,17)(H,15,16). The summed E-state index contributed by atoms with van der Waals surface area (Å²) in [6.07, 6.45) is 5.21. The third-order valence-corrected chi connectivity index (χ3v) is 2.09. The summed E-state index contributed by atoms with van der Waals surface area (Å²) < 4.78 is 4.82. The predicted octanol–water partition coefficient (Wildman–Crippen LogP) is 0.556. The van der Waals surface area contributed by atoms with Gasteiger partial charge in [-0.2, -0.15) is 0 Å². The second kappa shape index (κ2) is 7.18. The van der Waals surface area contributed by atoms with Gasteiger partial charge in [0.1, 0.15) is 0 Å². The molecule has 0 atom stereocenters. The Labute approximate surface area is 104 Å². The van der Waals surface area contributed by atoms with E-state index in [1.807, 2.05) is 0 Å². The molecule has 1 heterocycles. The average Bonchev–Trinajstić information content (AvgIpc) is 2.37. The molecule has 0 aliphatic carbocycles. The number of ether oxygens (including phenoxy) is 1. The number of amides is 1. The molecule has 0 aliphatic heterocycles. The highest BCUT2D eigenvalue weighted by Gasteiger charge is 2.08. The Balaban J connectivity index is 2.81. The first-order valence-corrected chi connectivity index (χ1v) is 5.27. The maximum absolute atomic E-state index is 11.8. The van der Waals surface area contributed by atoms with Crippen molar-refractivity contribution in [1.82, 2.24) is 10.3 Å². The van der Waals surface area contributed by atoms with Gasteiger partial charge in [-0.05, 0) is 12.1 Å². The lowest BCUT2D eigenvalue weighted by Crippen LogP contribution is -2.27. The van der Waals surface area contributed by atoms with Crippen LogP contribution in [-0.4, -0.2) is 42.2 Å². The van der Waals surface area contributed by atoms with Crippen LogP contribution in [0.2, 0.25) is 0 Å². The summed E-state index contributed by atoms with van der Waals surface area (Å²) in [6, 6.07) is 1.53.